The summed E-state index contributed by atoms with van der Waals surface area (Å²) in [6, 6.07) is 6.10. The molecule has 114 valence electrons. The number of carbonyl (C=O) groups excluding carboxylic acids is 2. The van der Waals surface area contributed by atoms with Crippen LogP contribution in [0.3, 0.4) is 0 Å². The Labute approximate surface area is 126 Å². The smallest absolute Gasteiger partial charge is 0.227 e. The average Bonchev–Trinajstić information content (AvgIpc) is 2.83. The van der Waals surface area contributed by atoms with Gasteiger partial charge in [-0.3, -0.25) is 9.59 Å². The molecule has 2 amide bonds. The fourth-order valence-electron chi connectivity index (χ4n) is 2.61. The molecule has 1 N–H and O–H groups in total. The lowest BCUT2D eigenvalue weighted by Crippen LogP contribution is -2.38. The highest BCUT2D eigenvalue weighted by molar-refractivity contribution is 6.00. The Hall–Kier alpha value is -1.84. The van der Waals surface area contributed by atoms with Crippen molar-refractivity contribution in [1.29, 1.82) is 0 Å². The number of nitrogens with one attached hydrogen (secondary N) is 1. The van der Waals surface area contributed by atoms with Gasteiger partial charge in [0.1, 0.15) is 0 Å². The molecule has 1 saturated heterocycles. The molecule has 0 unspecified atom stereocenters. The molecule has 1 aliphatic rings. The maximum atomic E-state index is 12.3. The van der Waals surface area contributed by atoms with E-state index in [1.807, 2.05) is 45.9 Å². The Morgan fingerprint density at radius 3 is 2.81 bits per heavy atom. The summed E-state index contributed by atoms with van der Waals surface area (Å²) >= 11 is 0. The number of anilines is 1. The summed E-state index contributed by atoms with van der Waals surface area (Å²) in [5.74, 6) is -0.218. The Bertz CT molecular complexity index is 554. The molecular formula is C17H24N2O2. The Balaban J connectivity index is 2.13. The summed E-state index contributed by atoms with van der Waals surface area (Å²) in [6.45, 7) is 8.55. The molecule has 4 nitrogen and oxygen atoms in total. The van der Waals surface area contributed by atoms with E-state index in [-0.39, 0.29) is 23.8 Å². The first kappa shape index (κ1) is 15.5. The zero-order valence-electron chi connectivity index (χ0n) is 13.3. The van der Waals surface area contributed by atoms with Gasteiger partial charge >= 0.3 is 0 Å². The van der Waals surface area contributed by atoms with Gasteiger partial charge in [0.05, 0.1) is 5.92 Å². The van der Waals surface area contributed by atoms with Gasteiger partial charge in [-0.15, -0.1) is 0 Å². The minimum atomic E-state index is -0.244. The Kier molecular flexibility index (Phi) is 4.66. The van der Waals surface area contributed by atoms with E-state index in [0.29, 0.717) is 13.0 Å². The number of rotatable bonds is 4. The second-order valence-corrected chi connectivity index (χ2v) is 5.94. The zero-order valence-corrected chi connectivity index (χ0v) is 13.3. The molecule has 0 aliphatic carbocycles. The van der Waals surface area contributed by atoms with Crippen LogP contribution in [0.4, 0.5) is 5.69 Å². The first-order valence-electron chi connectivity index (χ1n) is 7.61. The molecular weight excluding hydrogens is 264 g/mol. The van der Waals surface area contributed by atoms with Crippen LogP contribution in [0.15, 0.2) is 18.2 Å². The van der Waals surface area contributed by atoms with Crippen LogP contribution in [-0.4, -0.2) is 24.4 Å². The molecule has 2 atom stereocenters. The topological polar surface area (TPSA) is 49.4 Å². The van der Waals surface area contributed by atoms with Crippen LogP contribution >= 0.6 is 0 Å². The van der Waals surface area contributed by atoms with E-state index in [1.54, 1.807) is 4.90 Å². The van der Waals surface area contributed by atoms with Crippen LogP contribution in [-0.2, 0) is 9.59 Å². The molecule has 0 radical (unpaired) electrons. The van der Waals surface area contributed by atoms with Gasteiger partial charge in [0.2, 0.25) is 11.8 Å². The predicted octanol–water partition coefficient (Wildman–Crippen LogP) is 2.57. The lowest BCUT2D eigenvalue weighted by molar-refractivity contribution is -0.126. The first-order chi connectivity index (χ1) is 9.93. The lowest BCUT2D eigenvalue weighted by Gasteiger charge is -2.20. The minimum absolute atomic E-state index is 0.00879. The van der Waals surface area contributed by atoms with Crippen molar-refractivity contribution in [3.8, 4) is 0 Å². The fraction of sp³-hybridized carbons (Fsp3) is 0.529. The summed E-state index contributed by atoms with van der Waals surface area (Å²) < 4.78 is 0. The summed E-state index contributed by atoms with van der Waals surface area (Å²) in [6.07, 6.45) is 1.20. The van der Waals surface area contributed by atoms with Gasteiger partial charge in [-0.1, -0.05) is 19.1 Å². The molecule has 0 bridgehead atoms. The third kappa shape index (κ3) is 3.26. The highest BCUT2D eigenvalue weighted by Crippen LogP contribution is 2.29. The van der Waals surface area contributed by atoms with Gasteiger partial charge in [0, 0.05) is 24.7 Å². The van der Waals surface area contributed by atoms with E-state index in [9.17, 15) is 9.59 Å². The third-order valence-electron chi connectivity index (χ3n) is 4.36. The summed E-state index contributed by atoms with van der Waals surface area (Å²) in [4.78, 5) is 26.2. The van der Waals surface area contributed by atoms with Crippen LogP contribution in [0.5, 0.6) is 0 Å². The van der Waals surface area contributed by atoms with Crippen LogP contribution in [0.2, 0.25) is 0 Å². The van der Waals surface area contributed by atoms with Crippen molar-refractivity contribution in [2.24, 2.45) is 5.92 Å². The van der Waals surface area contributed by atoms with Crippen molar-refractivity contribution in [1.82, 2.24) is 5.32 Å². The van der Waals surface area contributed by atoms with Crippen molar-refractivity contribution >= 4 is 17.5 Å². The van der Waals surface area contributed by atoms with E-state index >= 15 is 0 Å². The molecule has 2 rings (SSSR count). The normalized spacial score (nSPS) is 19.7. The van der Waals surface area contributed by atoms with Crippen LogP contribution in [0, 0.1) is 19.8 Å². The van der Waals surface area contributed by atoms with Crippen molar-refractivity contribution in [2.75, 3.05) is 11.4 Å². The van der Waals surface area contributed by atoms with E-state index in [0.717, 1.165) is 23.2 Å². The number of carbonyl (C=O) groups is 2. The second-order valence-electron chi connectivity index (χ2n) is 5.94. The predicted molar refractivity (Wildman–Crippen MR) is 84.3 cm³/mol. The maximum absolute atomic E-state index is 12.3. The average molecular weight is 288 g/mol. The van der Waals surface area contributed by atoms with Crippen molar-refractivity contribution in [3.05, 3.63) is 29.3 Å². The molecule has 1 fully saturated rings. The number of hydrogen-bond donors (Lipinski definition) is 1. The van der Waals surface area contributed by atoms with E-state index in [1.165, 1.54) is 0 Å². The molecule has 1 aliphatic heterocycles. The van der Waals surface area contributed by atoms with Crippen molar-refractivity contribution in [2.45, 2.75) is 46.6 Å². The Morgan fingerprint density at radius 2 is 2.14 bits per heavy atom. The monoisotopic (exact) mass is 288 g/mol. The number of nitrogens with zero attached hydrogens (tertiary/aromatic N) is 1. The molecule has 1 heterocycles. The molecule has 1 aromatic rings. The maximum Gasteiger partial charge on any atom is 0.227 e. The number of hydrogen-bond acceptors (Lipinski definition) is 2. The second kappa shape index (κ2) is 6.29. The largest absolute Gasteiger partial charge is 0.353 e. The summed E-state index contributed by atoms with van der Waals surface area (Å²) in [5.41, 5.74) is 3.19. The van der Waals surface area contributed by atoms with E-state index in [2.05, 4.69) is 5.32 Å². The molecule has 4 heteroatoms. The van der Waals surface area contributed by atoms with E-state index < -0.39 is 0 Å². The molecule has 0 aromatic heterocycles. The van der Waals surface area contributed by atoms with Gasteiger partial charge < -0.3 is 10.2 Å². The SMILES string of the molecule is CC[C@H](C)NC(=O)[C@@H]1CC(=O)N(c2cccc(C)c2C)C1. The quantitative estimate of drug-likeness (QED) is 0.925. The number of benzene rings is 1. The highest BCUT2D eigenvalue weighted by atomic mass is 16.2. The zero-order chi connectivity index (χ0) is 15.6. The van der Waals surface area contributed by atoms with Gasteiger partial charge in [0.25, 0.3) is 0 Å². The standard InChI is InChI=1S/C17H24N2O2/c1-5-12(3)18-17(21)14-9-16(20)19(10-14)15-8-6-7-11(2)13(15)4/h6-8,12,14H,5,9-10H2,1-4H3,(H,18,21)/t12-,14+/m0/s1. The van der Waals surface area contributed by atoms with E-state index in [4.69, 9.17) is 0 Å². The van der Waals surface area contributed by atoms with Gasteiger partial charge in [0.15, 0.2) is 0 Å². The highest BCUT2D eigenvalue weighted by Gasteiger charge is 2.35. The minimum Gasteiger partial charge on any atom is -0.353 e. The molecule has 0 saturated carbocycles. The molecule has 1 aromatic carbocycles. The third-order valence-corrected chi connectivity index (χ3v) is 4.36. The molecule has 21 heavy (non-hydrogen) atoms. The van der Waals surface area contributed by atoms with Crippen molar-refractivity contribution < 1.29 is 9.59 Å². The van der Waals surface area contributed by atoms with Crippen LogP contribution in [0.1, 0.15) is 37.8 Å². The van der Waals surface area contributed by atoms with Gasteiger partial charge in [-0.2, -0.15) is 0 Å². The Morgan fingerprint density at radius 1 is 1.43 bits per heavy atom. The number of aryl methyl sites for hydroxylation is 1. The number of amides is 2. The van der Waals surface area contributed by atoms with Crippen LogP contribution < -0.4 is 10.2 Å². The summed E-state index contributed by atoms with van der Waals surface area (Å²) in [5, 5.41) is 2.97. The van der Waals surface area contributed by atoms with Gasteiger partial charge in [-0.05, 0) is 44.4 Å². The first-order valence-corrected chi connectivity index (χ1v) is 7.61. The van der Waals surface area contributed by atoms with Crippen molar-refractivity contribution in [3.63, 3.8) is 0 Å². The van der Waals surface area contributed by atoms with Crippen LogP contribution in [0.25, 0.3) is 0 Å². The summed E-state index contributed by atoms with van der Waals surface area (Å²) in [7, 11) is 0. The fourth-order valence-corrected chi connectivity index (χ4v) is 2.61. The van der Waals surface area contributed by atoms with Gasteiger partial charge in [-0.25, -0.2) is 0 Å². The lowest BCUT2D eigenvalue weighted by atomic mass is 10.1. The molecule has 0 spiro atoms.